The van der Waals surface area contributed by atoms with Gasteiger partial charge in [-0.25, -0.2) is 0 Å². The molecule has 0 bridgehead atoms. The Labute approximate surface area is 178 Å². The van der Waals surface area contributed by atoms with Crippen LogP contribution in [0.5, 0.6) is 5.75 Å². The molecule has 0 saturated carbocycles. The van der Waals surface area contributed by atoms with Crippen LogP contribution in [0.25, 0.3) is 21.8 Å². The van der Waals surface area contributed by atoms with Gasteiger partial charge in [0.15, 0.2) is 5.82 Å². The minimum atomic E-state index is -0.383. The molecule has 158 valence electrons. The molecule has 1 aliphatic rings. The van der Waals surface area contributed by atoms with Crippen LogP contribution in [0.3, 0.4) is 0 Å². The Morgan fingerprint density at radius 1 is 1.23 bits per heavy atom. The highest BCUT2D eigenvalue weighted by atomic mass is 16.5. The van der Waals surface area contributed by atoms with Gasteiger partial charge in [0.1, 0.15) is 5.75 Å². The summed E-state index contributed by atoms with van der Waals surface area (Å²) in [4.78, 5) is 30.1. The van der Waals surface area contributed by atoms with Gasteiger partial charge in [-0.3, -0.25) is 19.6 Å². The summed E-state index contributed by atoms with van der Waals surface area (Å²) in [6, 6.07) is 13.5. The Balaban J connectivity index is 1.22. The molecule has 2 aromatic heterocycles. The predicted octanol–water partition coefficient (Wildman–Crippen LogP) is 2.76. The summed E-state index contributed by atoms with van der Waals surface area (Å²) in [6.07, 6.45) is 2.84. The van der Waals surface area contributed by atoms with Gasteiger partial charge in [0, 0.05) is 42.0 Å². The zero-order valence-corrected chi connectivity index (χ0v) is 17.1. The van der Waals surface area contributed by atoms with Crippen LogP contribution in [-0.2, 0) is 16.0 Å². The van der Waals surface area contributed by atoms with Gasteiger partial charge in [0.25, 0.3) is 0 Å². The number of carbonyl (C=O) groups is 2. The third kappa shape index (κ3) is 3.50. The summed E-state index contributed by atoms with van der Waals surface area (Å²) in [7, 11) is 1.64. The van der Waals surface area contributed by atoms with E-state index in [1.807, 2.05) is 48.7 Å². The van der Waals surface area contributed by atoms with Crippen molar-refractivity contribution in [2.45, 2.75) is 12.8 Å². The van der Waals surface area contributed by atoms with Crippen LogP contribution >= 0.6 is 0 Å². The lowest BCUT2D eigenvalue weighted by Gasteiger charge is -2.14. The molecule has 1 atom stereocenters. The van der Waals surface area contributed by atoms with E-state index >= 15 is 0 Å². The molecule has 0 aliphatic carbocycles. The largest absolute Gasteiger partial charge is 0.497 e. The molecule has 0 unspecified atom stereocenters. The molecular weight excluding hydrogens is 394 g/mol. The van der Waals surface area contributed by atoms with Crippen molar-refractivity contribution in [2.75, 3.05) is 25.1 Å². The van der Waals surface area contributed by atoms with E-state index in [2.05, 4.69) is 20.5 Å². The lowest BCUT2D eigenvalue weighted by Crippen LogP contribution is -2.34. The number of rotatable bonds is 6. The van der Waals surface area contributed by atoms with Gasteiger partial charge >= 0.3 is 0 Å². The number of methoxy groups -OCH3 is 1. The molecule has 5 rings (SSSR count). The lowest BCUT2D eigenvalue weighted by molar-refractivity contribution is -0.126. The number of ether oxygens (including phenoxy) is 1. The number of hydrogen-bond acceptors (Lipinski definition) is 4. The number of carbonyl (C=O) groups excluding carboxylic acids is 2. The molecule has 1 fully saturated rings. The van der Waals surface area contributed by atoms with Crippen LogP contribution in [0, 0.1) is 5.92 Å². The first-order valence-corrected chi connectivity index (χ1v) is 10.3. The fourth-order valence-electron chi connectivity index (χ4n) is 4.20. The molecule has 0 spiro atoms. The molecule has 3 heterocycles. The third-order valence-electron chi connectivity index (χ3n) is 5.87. The average molecular weight is 417 g/mol. The van der Waals surface area contributed by atoms with Gasteiger partial charge in [-0.05, 0) is 42.3 Å². The van der Waals surface area contributed by atoms with Gasteiger partial charge in [-0.1, -0.05) is 12.1 Å². The normalized spacial score (nSPS) is 16.4. The van der Waals surface area contributed by atoms with E-state index in [1.165, 1.54) is 0 Å². The van der Waals surface area contributed by atoms with Gasteiger partial charge in [-0.15, -0.1) is 0 Å². The van der Waals surface area contributed by atoms with E-state index in [4.69, 9.17) is 4.74 Å². The second-order valence-electron chi connectivity index (χ2n) is 7.76. The number of H-pyrrole nitrogens is 2. The van der Waals surface area contributed by atoms with Crippen molar-refractivity contribution in [3.8, 4) is 5.75 Å². The van der Waals surface area contributed by atoms with E-state index in [0.29, 0.717) is 25.3 Å². The van der Waals surface area contributed by atoms with E-state index in [1.54, 1.807) is 12.0 Å². The molecule has 1 aliphatic heterocycles. The average Bonchev–Trinajstić information content (AvgIpc) is 3.50. The number of nitrogens with one attached hydrogen (secondary N) is 3. The number of para-hydroxylation sites is 1. The Morgan fingerprint density at radius 3 is 2.97 bits per heavy atom. The summed E-state index contributed by atoms with van der Waals surface area (Å²) in [5.41, 5.74) is 3.01. The number of aromatic amines is 2. The molecule has 2 amide bonds. The maximum atomic E-state index is 12.7. The van der Waals surface area contributed by atoms with Crippen molar-refractivity contribution in [3.05, 3.63) is 54.2 Å². The van der Waals surface area contributed by atoms with E-state index in [0.717, 1.165) is 33.1 Å². The molecule has 8 nitrogen and oxygen atoms in total. The fraction of sp³-hybridized carbons (Fsp3) is 0.261. The monoisotopic (exact) mass is 417 g/mol. The minimum Gasteiger partial charge on any atom is -0.497 e. The third-order valence-corrected chi connectivity index (χ3v) is 5.87. The number of nitrogens with zero attached hydrogens (tertiary/aromatic N) is 2. The maximum Gasteiger partial charge on any atom is 0.229 e. The zero-order chi connectivity index (χ0) is 21.4. The predicted molar refractivity (Wildman–Crippen MR) is 118 cm³/mol. The highest BCUT2D eigenvalue weighted by Crippen LogP contribution is 2.29. The van der Waals surface area contributed by atoms with Crippen LogP contribution < -0.4 is 15.0 Å². The van der Waals surface area contributed by atoms with Crippen molar-refractivity contribution in [3.63, 3.8) is 0 Å². The van der Waals surface area contributed by atoms with Gasteiger partial charge < -0.3 is 15.0 Å². The van der Waals surface area contributed by atoms with Crippen LogP contribution in [0.1, 0.15) is 12.0 Å². The summed E-state index contributed by atoms with van der Waals surface area (Å²) < 4.78 is 5.31. The lowest BCUT2D eigenvalue weighted by atomic mass is 10.1. The first kappa shape index (κ1) is 19.2. The Bertz CT molecular complexity index is 1270. The molecule has 1 saturated heterocycles. The zero-order valence-electron chi connectivity index (χ0n) is 17.1. The van der Waals surface area contributed by atoms with Crippen molar-refractivity contribution in [1.82, 2.24) is 20.5 Å². The summed E-state index contributed by atoms with van der Waals surface area (Å²) >= 11 is 0. The van der Waals surface area contributed by atoms with Crippen molar-refractivity contribution < 1.29 is 14.3 Å². The topological polar surface area (TPSA) is 103 Å². The van der Waals surface area contributed by atoms with Crippen LogP contribution in [0.15, 0.2) is 48.7 Å². The van der Waals surface area contributed by atoms with Crippen molar-refractivity contribution >= 4 is 39.4 Å². The van der Waals surface area contributed by atoms with Crippen molar-refractivity contribution in [2.24, 2.45) is 5.92 Å². The molecule has 3 N–H and O–H groups in total. The van der Waals surface area contributed by atoms with Crippen LogP contribution in [0.2, 0.25) is 0 Å². The minimum absolute atomic E-state index is 0.0823. The van der Waals surface area contributed by atoms with Gasteiger partial charge in [0.05, 0.1) is 18.5 Å². The van der Waals surface area contributed by atoms with Gasteiger partial charge in [0.2, 0.25) is 11.8 Å². The molecule has 0 radical (unpaired) electrons. The highest BCUT2D eigenvalue weighted by Gasteiger charge is 2.36. The highest BCUT2D eigenvalue weighted by molar-refractivity contribution is 6.05. The second kappa shape index (κ2) is 7.79. The first-order chi connectivity index (χ1) is 15.1. The van der Waals surface area contributed by atoms with E-state index in [9.17, 15) is 9.59 Å². The van der Waals surface area contributed by atoms with Crippen LogP contribution in [-0.4, -0.2) is 47.2 Å². The van der Waals surface area contributed by atoms with E-state index in [-0.39, 0.29) is 24.2 Å². The van der Waals surface area contributed by atoms with E-state index < -0.39 is 0 Å². The standard InChI is InChI=1S/C23H23N5O3/c1-31-16-6-7-19-18(11-16)14(12-25-19)8-9-24-23(30)15-10-21(29)28(13-15)22-17-4-2-3-5-20(17)26-27-22/h2-7,11-12,15,25H,8-10,13H2,1H3,(H,24,30)(H,26,27)/t15-/m0/s1. The molecule has 8 heteroatoms. The smallest absolute Gasteiger partial charge is 0.229 e. The summed E-state index contributed by atoms with van der Waals surface area (Å²) in [5.74, 6) is 0.816. The Kier molecular flexibility index (Phi) is 4.82. The quantitative estimate of drug-likeness (QED) is 0.449. The van der Waals surface area contributed by atoms with Crippen LogP contribution in [0.4, 0.5) is 5.82 Å². The summed E-state index contributed by atoms with van der Waals surface area (Å²) in [6.45, 7) is 0.836. The molecular formula is C23H23N5O3. The number of benzene rings is 2. The second-order valence-corrected chi connectivity index (χ2v) is 7.76. The Hall–Kier alpha value is -3.81. The summed E-state index contributed by atoms with van der Waals surface area (Å²) in [5, 5.41) is 12.2. The molecule has 31 heavy (non-hydrogen) atoms. The number of aromatic nitrogens is 3. The molecule has 2 aromatic carbocycles. The molecule has 4 aromatic rings. The number of hydrogen-bond donors (Lipinski definition) is 3. The Morgan fingerprint density at radius 2 is 2.10 bits per heavy atom. The van der Waals surface area contributed by atoms with Crippen molar-refractivity contribution in [1.29, 1.82) is 0 Å². The maximum absolute atomic E-state index is 12.7. The van der Waals surface area contributed by atoms with Gasteiger partial charge in [-0.2, -0.15) is 5.10 Å². The fourth-order valence-corrected chi connectivity index (χ4v) is 4.20. The number of amides is 2. The first-order valence-electron chi connectivity index (χ1n) is 10.3. The SMILES string of the molecule is COc1ccc2[nH]cc(CCNC(=O)[C@H]3CC(=O)N(c4n[nH]c5ccccc45)C3)c2c1. The number of anilines is 1. The number of fused-ring (bicyclic) bond motifs is 2.